The zero-order chi connectivity index (χ0) is 22.4. The zero-order valence-corrected chi connectivity index (χ0v) is 17.9. The van der Waals surface area contributed by atoms with Gasteiger partial charge in [-0.15, -0.1) is 11.8 Å². The summed E-state index contributed by atoms with van der Waals surface area (Å²) in [6, 6.07) is 20.6. The third kappa shape index (κ3) is 6.20. The Balaban J connectivity index is 1.54. The molecule has 0 fully saturated rings. The molecule has 0 saturated heterocycles. The maximum atomic E-state index is 12.4. The minimum Gasteiger partial charge on any atom is -0.478 e. The van der Waals surface area contributed by atoms with Gasteiger partial charge in [0.05, 0.1) is 10.8 Å². The van der Waals surface area contributed by atoms with Gasteiger partial charge in [-0.05, 0) is 74.5 Å². The van der Waals surface area contributed by atoms with Crippen LogP contribution in [-0.2, 0) is 4.79 Å². The highest BCUT2D eigenvalue weighted by Crippen LogP contribution is 2.26. The number of rotatable bonds is 7. The summed E-state index contributed by atoms with van der Waals surface area (Å²) in [6.45, 7) is 3.76. The first-order chi connectivity index (χ1) is 14.8. The van der Waals surface area contributed by atoms with Crippen molar-refractivity contribution in [2.24, 2.45) is 0 Å². The van der Waals surface area contributed by atoms with Crippen molar-refractivity contribution in [3.63, 3.8) is 0 Å². The molecule has 1 unspecified atom stereocenters. The van der Waals surface area contributed by atoms with E-state index in [1.165, 1.54) is 23.9 Å². The number of anilines is 2. The van der Waals surface area contributed by atoms with E-state index in [-0.39, 0.29) is 22.6 Å². The number of hydrogen-bond acceptors (Lipinski definition) is 4. The van der Waals surface area contributed by atoms with E-state index in [2.05, 4.69) is 10.6 Å². The fourth-order valence-electron chi connectivity index (χ4n) is 2.72. The summed E-state index contributed by atoms with van der Waals surface area (Å²) in [5.74, 6) is -1.38. The number of carbonyl (C=O) groups excluding carboxylic acids is 2. The van der Waals surface area contributed by atoms with Gasteiger partial charge in [-0.2, -0.15) is 0 Å². The van der Waals surface area contributed by atoms with Crippen molar-refractivity contribution in [3.05, 3.63) is 89.5 Å². The third-order valence-corrected chi connectivity index (χ3v) is 5.62. The van der Waals surface area contributed by atoms with Crippen molar-refractivity contribution in [1.82, 2.24) is 0 Å². The molecule has 6 nitrogen and oxygen atoms in total. The lowest BCUT2D eigenvalue weighted by atomic mass is 10.1. The molecule has 3 N–H and O–H groups in total. The first kappa shape index (κ1) is 22.1. The quantitative estimate of drug-likeness (QED) is 0.452. The number of carbonyl (C=O) groups is 3. The Bertz CT molecular complexity index is 1080. The Morgan fingerprint density at radius 2 is 1.29 bits per heavy atom. The van der Waals surface area contributed by atoms with Gasteiger partial charge in [-0.1, -0.05) is 17.7 Å². The van der Waals surface area contributed by atoms with Gasteiger partial charge in [0, 0.05) is 21.8 Å². The summed E-state index contributed by atoms with van der Waals surface area (Å²) in [7, 11) is 0. The van der Waals surface area contributed by atoms with Crippen LogP contribution in [0.4, 0.5) is 11.4 Å². The fourth-order valence-corrected chi connectivity index (χ4v) is 3.59. The SMILES string of the molecule is Cc1ccc(C(=O)Nc2ccc(SC(C)C(=O)Nc3ccc(C(=O)O)cc3)cc2)cc1. The average Bonchev–Trinajstić information content (AvgIpc) is 2.76. The molecule has 31 heavy (non-hydrogen) atoms. The first-order valence-corrected chi connectivity index (χ1v) is 10.5. The molecule has 2 amide bonds. The summed E-state index contributed by atoms with van der Waals surface area (Å²) in [4.78, 5) is 36.5. The molecule has 158 valence electrons. The summed E-state index contributed by atoms with van der Waals surface area (Å²) in [5, 5.41) is 14.2. The Kier molecular flexibility index (Phi) is 7.10. The fraction of sp³-hybridized carbons (Fsp3) is 0.125. The lowest BCUT2D eigenvalue weighted by molar-refractivity contribution is -0.115. The van der Waals surface area contributed by atoms with Crippen molar-refractivity contribution in [1.29, 1.82) is 0 Å². The largest absolute Gasteiger partial charge is 0.478 e. The zero-order valence-electron chi connectivity index (χ0n) is 17.1. The van der Waals surface area contributed by atoms with Gasteiger partial charge >= 0.3 is 5.97 Å². The topological polar surface area (TPSA) is 95.5 Å². The average molecular weight is 435 g/mol. The van der Waals surface area contributed by atoms with Crippen molar-refractivity contribution < 1.29 is 19.5 Å². The van der Waals surface area contributed by atoms with Crippen molar-refractivity contribution in [2.45, 2.75) is 24.0 Å². The number of nitrogens with one attached hydrogen (secondary N) is 2. The number of carboxylic acids is 1. The van der Waals surface area contributed by atoms with Crippen molar-refractivity contribution in [2.75, 3.05) is 10.6 Å². The van der Waals surface area contributed by atoms with E-state index in [1.807, 2.05) is 31.2 Å². The molecule has 0 spiro atoms. The summed E-state index contributed by atoms with van der Waals surface area (Å²) < 4.78 is 0. The molecule has 3 aromatic carbocycles. The number of carboxylic acid groups (broad SMARTS) is 1. The van der Waals surface area contributed by atoms with E-state index in [0.717, 1.165) is 10.5 Å². The van der Waals surface area contributed by atoms with Crippen LogP contribution in [0.2, 0.25) is 0 Å². The van der Waals surface area contributed by atoms with Crippen LogP contribution in [-0.4, -0.2) is 28.1 Å². The normalized spacial score (nSPS) is 11.4. The number of aryl methyl sites for hydroxylation is 1. The van der Waals surface area contributed by atoms with Gasteiger partial charge in [0.1, 0.15) is 0 Å². The highest BCUT2D eigenvalue weighted by atomic mass is 32.2. The standard InChI is InChI=1S/C24H22N2O4S/c1-15-3-5-17(6-4-15)23(28)26-20-11-13-21(14-12-20)31-16(2)22(27)25-19-9-7-18(8-10-19)24(29)30/h3-14,16H,1-2H3,(H,25,27)(H,26,28)(H,29,30). The molecule has 0 heterocycles. The highest BCUT2D eigenvalue weighted by molar-refractivity contribution is 8.00. The van der Waals surface area contributed by atoms with Crippen molar-refractivity contribution in [3.8, 4) is 0 Å². The van der Waals surface area contributed by atoms with Crippen molar-refractivity contribution >= 4 is 40.9 Å². The Labute approximate surface area is 184 Å². The number of amides is 2. The Morgan fingerprint density at radius 1 is 0.774 bits per heavy atom. The molecular weight excluding hydrogens is 412 g/mol. The molecule has 0 aliphatic heterocycles. The maximum Gasteiger partial charge on any atom is 0.335 e. The van der Waals surface area contributed by atoms with Crippen LogP contribution in [0, 0.1) is 6.92 Å². The summed E-state index contributed by atoms with van der Waals surface area (Å²) >= 11 is 1.39. The van der Waals surface area contributed by atoms with E-state index in [4.69, 9.17) is 5.11 Å². The monoisotopic (exact) mass is 434 g/mol. The Morgan fingerprint density at radius 3 is 1.87 bits per heavy atom. The molecule has 0 saturated carbocycles. The molecule has 0 aliphatic rings. The molecule has 1 atom stereocenters. The lowest BCUT2D eigenvalue weighted by Crippen LogP contribution is -2.22. The highest BCUT2D eigenvalue weighted by Gasteiger charge is 2.15. The molecule has 3 rings (SSSR count). The van der Waals surface area contributed by atoms with Gasteiger partial charge in [0.15, 0.2) is 0 Å². The van der Waals surface area contributed by atoms with Gasteiger partial charge < -0.3 is 15.7 Å². The van der Waals surface area contributed by atoms with E-state index in [1.54, 1.807) is 43.3 Å². The first-order valence-electron chi connectivity index (χ1n) is 9.61. The number of hydrogen-bond donors (Lipinski definition) is 3. The van der Waals surface area contributed by atoms with Crippen LogP contribution >= 0.6 is 11.8 Å². The van der Waals surface area contributed by atoms with Gasteiger partial charge in [0.25, 0.3) is 5.91 Å². The minimum atomic E-state index is -1.01. The van der Waals surface area contributed by atoms with E-state index >= 15 is 0 Å². The second-order valence-corrected chi connectivity index (χ2v) is 8.39. The summed E-state index contributed by atoms with van der Waals surface area (Å²) in [6.07, 6.45) is 0. The third-order valence-electron chi connectivity index (χ3n) is 4.51. The lowest BCUT2D eigenvalue weighted by Gasteiger charge is -2.13. The van der Waals surface area contributed by atoms with Crippen LogP contribution in [0.15, 0.2) is 77.7 Å². The molecule has 3 aromatic rings. The molecule has 0 bridgehead atoms. The molecular formula is C24H22N2O4S. The predicted octanol–water partition coefficient (Wildman–Crippen LogP) is 5.06. The van der Waals surface area contributed by atoms with E-state index in [9.17, 15) is 14.4 Å². The predicted molar refractivity (Wildman–Crippen MR) is 123 cm³/mol. The van der Waals surface area contributed by atoms with Crippen LogP contribution in [0.5, 0.6) is 0 Å². The second-order valence-electron chi connectivity index (χ2n) is 6.98. The molecule has 7 heteroatoms. The van der Waals surface area contributed by atoms with Crippen LogP contribution in [0.3, 0.4) is 0 Å². The number of thioether (sulfide) groups is 1. The molecule has 0 radical (unpaired) electrons. The van der Waals surface area contributed by atoms with Crippen LogP contribution < -0.4 is 10.6 Å². The molecule has 0 aliphatic carbocycles. The molecule has 0 aromatic heterocycles. The number of benzene rings is 3. The van der Waals surface area contributed by atoms with Crippen LogP contribution in [0.25, 0.3) is 0 Å². The van der Waals surface area contributed by atoms with Gasteiger partial charge in [0.2, 0.25) is 5.91 Å². The van der Waals surface area contributed by atoms with Gasteiger partial charge in [-0.3, -0.25) is 9.59 Å². The maximum absolute atomic E-state index is 12.4. The minimum absolute atomic E-state index is 0.162. The van der Waals surface area contributed by atoms with E-state index < -0.39 is 5.97 Å². The Hall–Kier alpha value is -3.58. The van der Waals surface area contributed by atoms with Crippen LogP contribution in [0.1, 0.15) is 33.2 Å². The van der Waals surface area contributed by atoms with E-state index in [0.29, 0.717) is 16.9 Å². The smallest absolute Gasteiger partial charge is 0.335 e. The van der Waals surface area contributed by atoms with Gasteiger partial charge in [-0.25, -0.2) is 4.79 Å². The second kappa shape index (κ2) is 9.95. The number of aromatic carboxylic acids is 1. The summed E-state index contributed by atoms with van der Waals surface area (Å²) in [5.41, 5.74) is 3.05.